The van der Waals surface area contributed by atoms with Gasteiger partial charge in [-0.1, -0.05) is 24.3 Å². The number of hydrogen-bond donors (Lipinski definition) is 0. The molecule has 5 rings (SSSR count). The Hall–Kier alpha value is -3.70. The normalized spacial score (nSPS) is 10.6. The van der Waals surface area contributed by atoms with E-state index in [0.717, 1.165) is 44.7 Å². The Kier molecular flexibility index (Phi) is 5.96. The molecule has 154 valence electrons. The summed E-state index contributed by atoms with van der Waals surface area (Å²) in [5.74, 6) is 0.801. The Morgan fingerprint density at radius 2 is 1.61 bits per heavy atom. The van der Waals surface area contributed by atoms with Crippen LogP contribution >= 0.6 is 12.4 Å². The number of fused-ring (bicyclic) bond motifs is 1. The lowest BCUT2D eigenvalue weighted by atomic mass is 10.0. The minimum Gasteiger partial charge on any atom is -0.487 e. The Morgan fingerprint density at radius 1 is 0.839 bits per heavy atom. The first-order valence-corrected chi connectivity index (χ1v) is 9.78. The molecule has 3 aromatic heterocycles. The second kappa shape index (κ2) is 8.98. The highest BCUT2D eigenvalue weighted by Gasteiger charge is 2.12. The van der Waals surface area contributed by atoms with Crippen LogP contribution in [-0.4, -0.2) is 19.7 Å². The molecule has 5 aromatic rings. The number of rotatable bonds is 5. The van der Waals surface area contributed by atoms with Gasteiger partial charge in [-0.05, 0) is 54.1 Å². The van der Waals surface area contributed by atoms with Gasteiger partial charge in [-0.25, -0.2) is 4.98 Å². The maximum atomic E-state index is 5.96. The topological polar surface area (TPSA) is 52.8 Å². The van der Waals surface area contributed by atoms with Gasteiger partial charge in [0.05, 0.1) is 11.2 Å². The predicted octanol–water partition coefficient (Wildman–Crippen LogP) is 5.70. The van der Waals surface area contributed by atoms with Crippen molar-refractivity contribution in [2.24, 2.45) is 7.05 Å². The zero-order chi connectivity index (χ0) is 20.3. The smallest absolute Gasteiger partial charge is 0.130 e. The van der Waals surface area contributed by atoms with Crippen LogP contribution in [0.4, 0.5) is 0 Å². The molecule has 3 heterocycles. The summed E-state index contributed by atoms with van der Waals surface area (Å²) in [6.07, 6.45) is 5.62. The maximum absolute atomic E-state index is 5.96. The largest absolute Gasteiger partial charge is 0.487 e. The molecule has 6 heteroatoms. The quantitative estimate of drug-likeness (QED) is 0.360. The van der Waals surface area contributed by atoms with E-state index in [1.54, 1.807) is 12.4 Å². The fourth-order valence-electron chi connectivity index (χ4n) is 3.50. The van der Waals surface area contributed by atoms with Crippen LogP contribution in [0.1, 0.15) is 5.69 Å². The first kappa shape index (κ1) is 20.6. The number of nitrogens with zero attached hydrogens (tertiary/aromatic N) is 4. The molecule has 0 aliphatic carbocycles. The minimum atomic E-state index is 0. The van der Waals surface area contributed by atoms with Crippen LogP contribution in [0.25, 0.3) is 33.3 Å². The zero-order valence-electron chi connectivity index (χ0n) is 17.0. The van der Waals surface area contributed by atoms with Gasteiger partial charge in [-0.3, -0.25) is 9.67 Å². The summed E-state index contributed by atoms with van der Waals surface area (Å²) >= 11 is 0. The van der Waals surface area contributed by atoms with E-state index in [-0.39, 0.29) is 12.4 Å². The van der Waals surface area contributed by atoms with E-state index in [4.69, 9.17) is 4.74 Å². The van der Waals surface area contributed by atoms with Gasteiger partial charge in [-0.15, -0.1) is 12.4 Å². The number of aryl methyl sites for hydroxylation is 1. The second-order valence-electron chi connectivity index (χ2n) is 7.11. The molecular formula is C25H21ClN4O. The van der Waals surface area contributed by atoms with Gasteiger partial charge in [0, 0.05) is 42.2 Å². The molecule has 2 aromatic carbocycles. The van der Waals surface area contributed by atoms with Crippen LogP contribution in [0.15, 0.2) is 91.4 Å². The van der Waals surface area contributed by atoms with Gasteiger partial charge in [-0.2, -0.15) is 5.10 Å². The van der Waals surface area contributed by atoms with E-state index in [1.807, 2.05) is 78.6 Å². The van der Waals surface area contributed by atoms with E-state index in [0.29, 0.717) is 6.61 Å². The van der Waals surface area contributed by atoms with Gasteiger partial charge < -0.3 is 4.74 Å². The molecule has 0 aliphatic heterocycles. The van der Waals surface area contributed by atoms with Crippen molar-refractivity contribution in [2.75, 3.05) is 0 Å². The third kappa shape index (κ3) is 4.42. The molecule has 0 radical (unpaired) electrons. The molecule has 0 N–H and O–H groups in total. The summed E-state index contributed by atoms with van der Waals surface area (Å²) in [6, 6.07) is 24.2. The maximum Gasteiger partial charge on any atom is 0.130 e. The third-order valence-electron chi connectivity index (χ3n) is 4.99. The molecule has 0 unspecified atom stereocenters. The number of pyridine rings is 2. The van der Waals surface area contributed by atoms with E-state index in [9.17, 15) is 0 Å². The average molecular weight is 429 g/mol. The number of ether oxygens (including phenoxy) is 1. The van der Waals surface area contributed by atoms with Crippen molar-refractivity contribution in [3.8, 4) is 28.1 Å². The summed E-state index contributed by atoms with van der Waals surface area (Å²) in [5.41, 5.74) is 6.03. The summed E-state index contributed by atoms with van der Waals surface area (Å²) in [5, 5.41) is 5.79. The SMILES string of the molecule is Cl.Cn1cc(-c2ccncc2)c(-c2ccc(OCc3ccc4ccccc4n3)cc2)n1. The van der Waals surface area contributed by atoms with Crippen LogP contribution in [0.5, 0.6) is 5.75 Å². The Morgan fingerprint density at radius 3 is 2.42 bits per heavy atom. The molecule has 0 atom stereocenters. The monoisotopic (exact) mass is 428 g/mol. The van der Waals surface area contributed by atoms with Crippen LogP contribution < -0.4 is 4.74 Å². The van der Waals surface area contributed by atoms with E-state index in [2.05, 4.69) is 27.2 Å². The number of halogens is 1. The lowest BCUT2D eigenvalue weighted by Gasteiger charge is -2.08. The number of aromatic nitrogens is 4. The van der Waals surface area contributed by atoms with Crippen molar-refractivity contribution >= 4 is 23.3 Å². The van der Waals surface area contributed by atoms with Crippen molar-refractivity contribution in [2.45, 2.75) is 6.61 Å². The minimum absolute atomic E-state index is 0. The molecular weight excluding hydrogens is 408 g/mol. The fourth-order valence-corrected chi connectivity index (χ4v) is 3.50. The van der Waals surface area contributed by atoms with Crippen LogP contribution in [0.2, 0.25) is 0 Å². The highest BCUT2D eigenvalue weighted by atomic mass is 35.5. The van der Waals surface area contributed by atoms with Gasteiger partial charge >= 0.3 is 0 Å². The van der Waals surface area contributed by atoms with Crippen molar-refractivity contribution in [1.82, 2.24) is 19.7 Å². The lowest BCUT2D eigenvalue weighted by Crippen LogP contribution is -1.98. The molecule has 0 spiro atoms. The van der Waals surface area contributed by atoms with Crippen molar-refractivity contribution in [3.63, 3.8) is 0 Å². The van der Waals surface area contributed by atoms with Crippen LogP contribution in [-0.2, 0) is 13.7 Å². The number of para-hydroxylation sites is 1. The lowest BCUT2D eigenvalue weighted by molar-refractivity contribution is 0.302. The van der Waals surface area contributed by atoms with E-state index in [1.165, 1.54) is 0 Å². The molecule has 5 nitrogen and oxygen atoms in total. The van der Waals surface area contributed by atoms with Gasteiger partial charge in [0.25, 0.3) is 0 Å². The first-order chi connectivity index (χ1) is 14.8. The van der Waals surface area contributed by atoms with Gasteiger partial charge in [0.1, 0.15) is 18.1 Å². The highest BCUT2D eigenvalue weighted by Crippen LogP contribution is 2.31. The standard InChI is InChI=1S/C25H20N4O.ClH/c1-29-16-23(18-12-14-26-15-13-18)25(28-29)20-7-10-22(11-8-20)30-17-21-9-6-19-4-2-3-5-24(19)27-21;/h2-16H,17H2,1H3;1H. The average Bonchev–Trinajstić information content (AvgIpc) is 3.20. The molecule has 0 amide bonds. The van der Waals surface area contributed by atoms with Crippen LogP contribution in [0, 0.1) is 0 Å². The van der Waals surface area contributed by atoms with Crippen molar-refractivity contribution in [3.05, 3.63) is 97.1 Å². The highest BCUT2D eigenvalue weighted by molar-refractivity contribution is 5.85. The van der Waals surface area contributed by atoms with Crippen molar-refractivity contribution in [1.29, 1.82) is 0 Å². The number of hydrogen-bond acceptors (Lipinski definition) is 4. The molecule has 31 heavy (non-hydrogen) atoms. The number of benzene rings is 2. The van der Waals surface area contributed by atoms with Crippen LogP contribution in [0.3, 0.4) is 0 Å². The van der Waals surface area contributed by atoms with Gasteiger partial charge in [0.2, 0.25) is 0 Å². The molecule has 0 fully saturated rings. The van der Waals surface area contributed by atoms with Crippen molar-refractivity contribution < 1.29 is 4.74 Å². The summed E-state index contributed by atoms with van der Waals surface area (Å²) in [6.45, 7) is 0.427. The molecule has 0 saturated carbocycles. The molecule has 0 aliphatic rings. The first-order valence-electron chi connectivity index (χ1n) is 9.78. The zero-order valence-corrected chi connectivity index (χ0v) is 17.8. The second-order valence-corrected chi connectivity index (χ2v) is 7.11. The Balaban J connectivity index is 0.00000231. The summed E-state index contributed by atoms with van der Waals surface area (Å²) < 4.78 is 7.79. The van der Waals surface area contributed by atoms with E-state index < -0.39 is 0 Å². The Bertz CT molecular complexity index is 1300. The third-order valence-corrected chi connectivity index (χ3v) is 4.99. The van der Waals surface area contributed by atoms with Gasteiger partial charge in [0.15, 0.2) is 0 Å². The summed E-state index contributed by atoms with van der Waals surface area (Å²) in [7, 11) is 1.93. The molecule has 0 saturated heterocycles. The Labute approximate surface area is 186 Å². The molecule has 0 bridgehead atoms. The fraction of sp³-hybridized carbons (Fsp3) is 0.0800. The van der Waals surface area contributed by atoms with E-state index >= 15 is 0 Å². The predicted molar refractivity (Wildman–Crippen MR) is 125 cm³/mol. The summed E-state index contributed by atoms with van der Waals surface area (Å²) in [4.78, 5) is 8.77.